The molecule has 2 aliphatic rings. The van der Waals surface area contributed by atoms with Crippen molar-refractivity contribution in [2.75, 3.05) is 6.54 Å². The molecule has 27 heavy (non-hydrogen) atoms. The average Bonchev–Trinajstić information content (AvgIpc) is 3.33. The van der Waals surface area contributed by atoms with Crippen LogP contribution >= 0.6 is 0 Å². The molecule has 2 aromatic rings. The van der Waals surface area contributed by atoms with E-state index in [-0.39, 0.29) is 30.6 Å². The smallest absolute Gasteiger partial charge is 0.223 e. The van der Waals surface area contributed by atoms with Gasteiger partial charge in [0.2, 0.25) is 5.91 Å². The summed E-state index contributed by atoms with van der Waals surface area (Å²) in [5.41, 5.74) is 3.45. The van der Waals surface area contributed by atoms with Gasteiger partial charge in [-0.1, -0.05) is 12.1 Å². The van der Waals surface area contributed by atoms with Crippen molar-refractivity contribution in [3.05, 3.63) is 53.1 Å². The van der Waals surface area contributed by atoms with E-state index in [1.54, 1.807) is 6.20 Å². The number of nitrogens with zero attached hydrogens (tertiary/aromatic N) is 3. The molecule has 2 heterocycles. The fourth-order valence-corrected chi connectivity index (χ4v) is 4.45. The Balaban J connectivity index is 1.39. The van der Waals surface area contributed by atoms with Crippen molar-refractivity contribution in [2.24, 2.45) is 7.05 Å². The number of rotatable bonds is 5. The molecule has 1 atom stereocenters. The summed E-state index contributed by atoms with van der Waals surface area (Å²) < 4.78 is 1.98. The fourth-order valence-electron chi connectivity index (χ4n) is 4.45. The lowest BCUT2D eigenvalue weighted by Gasteiger charge is -2.24. The van der Waals surface area contributed by atoms with Crippen LogP contribution < -0.4 is 0 Å². The lowest BCUT2D eigenvalue weighted by atomic mass is 9.89. The zero-order valence-electron chi connectivity index (χ0n) is 16.0. The van der Waals surface area contributed by atoms with Gasteiger partial charge in [0.05, 0.1) is 6.04 Å². The van der Waals surface area contributed by atoms with Gasteiger partial charge in [0.25, 0.3) is 0 Å². The number of aromatic nitrogens is 2. The lowest BCUT2D eigenvalue weighted by molar-refractivity contribution is -0.132. The molecule has 1 amide bonds. The maximum Gasteiger partial charge on any atom is 0.223 e. The number of hydrogen-bond donors (Lipinski definition) is 0. The third-order valence-electron chi connectivity index (χ3n) is 5.97. The summed E-state index contributed by atoms with van der Waals surface area (Å²) in [6.07, 6.45) is 10.8. The van der Waals surface area contributed by atoms with Gasteiger partial charge in [0, 0.05) is 44.4 Å². The topological polar surface area (TPSA) is 55.2 Å². The summed E-state index contributed by atoms with van der Waals surface area (Å²) in [6, 6.07) is 6.12. The zero-order chi connectivity index (χ0) is 18.8. The second-order valence-electron chi connectivity index (χ2n) is 7.76. The summed E-state index contributed by atoms with van der Waals surface area (Å²) >= 11 is 0. The predicted molar refractivity (Wildman–Crippen MR) is 104 cm³/mol. The minimum absolute atomic E-state index is 0.0383. The molecule has 0 radical (unpaired) electrons. The van der Waals surface area contributed by atoms with Gasteiger partial charge in [-0.05, 0) is 55.7 Å². The van der Waals surface area contributed by atoms with E-state index in [9.17, 15) is 9.59 Å². The molecule has 0 bridgehead atoms. The van der Waals surface area contributed by atoms with Gasteiger partial charge in [-0.3, -0.25) is 9.59 Å². The summed E-state index contributed by atoms with van der Waals surface area (Å²) in [4.78, 5) is 31.7. The monoisotopic (exact) mass is 365 g/mol. The standard InChI is InChI=1S/C22H27N3O2/c1-24-14-12-23-22(24)19-7-4-13-25(19)21(27)11-10-20(26)18-9-8-16-5-2-3-6-17(16)15-18/h8-9,12,14-15,19H,2-7,10-11,13H2,1H3/t19-/m0/s1. The number of benzene rings is 1. The molecule has 0 N–H and O–H groups in total. The Morgan fingerprint density at radius 2 is 1.93 bits per heavy atom. The van der Waals surface area contributed by atoms with Crippen molar-refractivity contribution in [1.82, 2.24) is 14.5 Å². The molecule has 1 fully saturated rings. The van der Waals surface area contributed by atoms with Crippen LogP contribution in [-0.4, -0.2) is 32.7 Å². The summed E-state index contributed by atoms with van der Waals surface area (Å²) in [6.45, 7) is 0.753. The lowest BCUT2D eigenvalue weighted by Crippen LogP contribution is -2.32. The Morgan fingerprint density at radius 3 is 2.70 bits per heavy atom. The maximum atomic E-state index is 12.8. The van der Waals surface area contributed by atoms with Crippen LogP contribution in [0.25, 0.3) is 0 Å². The predicted octanol–water partition coefficient (Wildman–Crippen LogP) is 3.63. The van der Waals surface area contributed by atoms with Gasteiger partial charge in [-0.2, -0.15) is 0 Å². The Morgan fingerprint density at radius 1 is 1.11 bits per heavy atom. The minimum Gasteiger partial charge on any atom is -0.336 e. The number of amides is 1. The summed E-state index contributed by atoms with van der Waals surface area (Å²) in [5.74, 6) is 1.07. The number of hydrogen-bond acceptors (Lipinski definition) is 3. The van der Waals surface area contributed by atoms with Crippen LogP contribution in [0.5, 0.6) is 0 Å². The van der Waals surface area contributed by atoms with Gasteiger partial charge in [0.1, 0.15) is 5.82 Å². The first-order chi connectivity index (χ1) is 13.1. The van der Waals surface area contributed by atoms with E-state index in [1.807, 2.05) is 34.8 Å². The first-order valence-corrected chi connectivity index (χ1v) is 10.0. The number of likely N-dealkylation sites (tertiary alicyclic amines) is 1. The highest BCUT2D eigenvalue weighted by atomic mass is 16.2. The Kier molecular flexibility index (Phi) is 5.10. The molecule has 1 aromatic heterocycles. The van der Waals surface area contributed by atoms with Gasteiger partial charge in [-0.15, -0.1) is 0 Å². The molecule has 142 valence electrons. The van der Waals surface area contributed by atoms with Crippen LogP contribution in [0.3, 0.4) is 0 Å². The van der Waals surface area contributed by atoms with E-state index in [0.29, 0.717) is 0 Å². The van der Waals surface area contributed by atoms with Gasteiger partial charge >= 0.3 is 0 Å². The van der Waals surface area contributed by atoms with Crippen molar-refractivity contribution in [3.63, 3.8) is 0 Å². The minimum atomic E-state index is 0.0383. The molecule has 0 saturated carbocycles. The number of Topliss-reactive ketones (excluding diaryl/α,β-unsaturated/α-hetero) is 1. The molecule has 1 aliphatic carbocycles. The van der Waals surface area contributed by atoms with Gasteiger partial charge in [-0.25, -0.2) is 4.98 Å². The van der Waals surface area contributed by atoms with Crippen LogP contribution in [0, 0.1) is 0 Å². The average molecular weight is 365 g/mol. The van der Waals surface area contributed by atoms with Crippen molar-refractivity contribution in [1.29, 1.82) is 0 Å². The number of imidazole rings is 1. The van der Waals surface area contributed by atoms with Crippen molar-refractivity contribution >= 4 is 11.7 Å². The molecule has 4 rings (SSSR count). The number of fused-ring (bicyclic) bond motifs is 1. The third kappa shape index (κ3) is 3.68. The molecule has 0 unspecified atom stereocenters. The van der Waals surface area contributed by atoms with Gasteiger partial charge < -0.3 is 9.47 Å². The Labute approximate surface area is 160 Å². The number of ketones is 1. The molecular formula is C22H27N3O2. The summed E-state index contributed by atoms with van der Waals surface area (Å²) in [5, 5.41) is 0. The van der Waals surface area contributed by atoms with E-state index >= 15 is 0 Å². The van der Waals surface area contributed by atoms with Crippen LogP contribution in [-0.2, 0) is 24.7 Å². The Hall–Kier alpha value is -2.43. The second-order valence-corrected chi connectivity index (χ2v) is 7.76. The number of aryl methyl sites for hydroxylation is 3. The summed E-state index contributed by atoms with van der Waals surface area (Å²) in [7, 11) is 1.96. The normalized spacial score (nSPS) is 19.1. The van der Waals surface area contributed by atoms with Crippen molar-refractivity contribution in [3.8, 4) is 0 Å². The van der Waals surface area contributed by atoms with Gasteiger partial charge in [0.15, 0.2) is 5.78 Å². The molecule has 1 saturated heterocycles. The quantitative estimate of drug-likeness (QED) is 0.761. The maximum absolute atomic E-state index is 12.8. The SMILES string of the molecule is Cn1ccnc1[C@@H]1CCCN1C(=O)CCC(=O)c1ccc2c(c1)CCCC2. The third-order valence-corrected chi connectivity index (χ3v) is 5.97. The van der Waals surface area contributed by atoms with Crippen molar-refractivity contribution in [2.45, 2.75) is 57.4 Å². The number of carbonyl (C=O) groups is 2. The highest BCUT2D eigenvalue weighted by Crippen LogP contribution is 2.31. The van der Waals surface area contributed by atoms with E-state index in [2.05, 4.69) is 11.1 Å². The molecule has 5 heteroatoms. The molecule has 1 aliphatic heterocycles. The highest BCUT2D eigenvalue weighted by molar-refractivity contribution is 5.98. The van der Waals surface area contributed by atoms with Crippen LogP contribution in [0.4, 0.5) is 0 Å². The second kappa shape index (κ2) is 7.67. The molecular weight excluding hydrogens is 338 g/mol. The van der Waals surface area contributed by atoms with E-state index in [0.717, 1.165) is 43.6 Å². The first-order valence-electron chi connectivity index (χ1n) is 10.0. The zero-order valence-corrected chi connectivity index (χ0v) is 16.0. The highest BCUT2D eigenvalue weighted by Gasteiger charge is 2.32. The van der Waals surface area contributed by atoms with E-state index in [4.69, 9.17) is 0 Å². The van der Waals surface area contributed by atoms with Crippen molar-refractivity contribution < 1.29 is 9.59 Å². The van der Waals surface area contributed by atoms with Crippen LogP contribution in [0.2, 0.25) is 0 Å². The molecule has 5 nitrogen and oxygen atoms in total. The fraction of sp³-hybridized carbons (Fsp3) is 0.500. The molecule has 1 aromatic carbocycles. The van der Waals surface area contributed by atoms with E-state index < -0.39 is 0 Å². The Bertz CT molecular complexity index is 855. The van der Waals surface area contributed by atoms with E-state index in [1.165, 1.54) is 24.0 Å². The molecule has 0 spiro atoms. The first kappa shape index (κ1) is 18.0. The number of carbonyl (C=O) groups excluding carboxylic acids is 2. The van der Waals surface area contributed by atoms with Crippen LogP contribution in [0.1, 0.15) is 71.9 Å². The largest absolute Gasteiger partial charge is 0.336 e. The van der Waals surface area contributed by atoms with Crippen LogP contribution in [0.15, 0.2) is 30.6 Å².